The number of rotatable bonds is 4. The van der Waals surface area contributed by atoms with E-state index in [1.807, 2.05) is 0 Å². The van der Waals surface area contributed by atoms with Crippen molar-refractivity contribution >= 4 is 28.3 Å². The zero-order valence-corrected chi connectivity index (χ0v) is 8.95. The van der Waals surface area contributed by atoms with Crippen LogP contribution in [0.15, 0.2) is 18.9 Å². The lowest BCUT2D eigenvalue weighted by Gasteiger charge is -2.14. The molecule has 1 aromatic rings. The first-order chi connectivity index (χ1) is 7.06. The summed E-state index contributed by atoms with van der Waals surface area (Å²) in [6.45, 7) is 5.23. The molecule has 0 spiro atoms. The second-order valence-electron chi connectivity index (χ2n) is 2.73. The Balaban J connectivity index is 2.96. The van der Waals surface area contributed by atoms with E-state index in [1.54, 1.807) is 6.08 Å². The van der Waals surface area contributed by atoms with E-state index in [4.69, 9.17) is 5.11 Å². The van der Waals surface area contributed by atoms with Crippen molar-refractivity contribution in [2.75, 3.05) is 11.4 Å². The first-order valence-electron chi connectivity index (χ1n) is 4.14. The zero-order chi connectivity index (χ0) is 11.4. The SMILES string of the molecule is C=CCN(C(C)=O)c1ncc(C(=O)O)s1. The Hall–Kier alpha value is -1.69. The van der Waals surface area contributed by atoms with Gasteiger partial charge in [0.1, 0.15) is 4.88 Å². The minimum atomic E-state index is -1.04. The molecule has 6 heteroatoms. The molecule has 0 aliphatic heterocycles. The molecule has 0 saturated carbocycles. The van der Waals surface area contributed by atoms with Crippen molar-refractivity contribution in [2.24, 2.45) is 0 Å². The maximum Gasteiger partial charge on any atom is 0.347 e. The number of anilines is 1. The molecule has 5 nitrogen and oxygen atoms in total. The number of carbonyl (C=O) groups is 2. The quantitative estimate of drug-likeness (QED) is 0.787. The van der Waals surface area contributed by atoms with Crippen LogP contribution in [0.25, 0.3) is 0 Å². The largest absolute Gasteiger partial charge is 0.477 e. The van der Waals surface area contributed by atoms with Crippen LogP contribution in [0.2, 0.25) is 0 Å². The Morgan fingerprint density at radius 1 is 1.73 bits per heavy atom. The van der Waals surface area contributed by atoms with Gasteiger partial charge in [0.25, 0.3) is 0 Å². The van der Waals surface area contributed by atoms with E-state index < -0.39 is 5.97 Å². The van der Waals surface area contributed by atoms with Crippen LogP contribution in [0.3, 0.4) is 0 Å². The molecule has 0 bridgehead atoms. The monoisotopic (exact) mass is 226 g/mol. The average molecular weight is 226 g/mol. The summed E-state index contributed by atoms with van der Waals surface area (Å²) in [5, 5.41) is 9.07. The molecule has 0 unspecified atom stereocenters. The molecule has 15 heavy (non-hydrogen) atoms. The molecule has 0 aliphatic rings. The zero-order valence-electron chi connectivity index (χ0n) is 8.14. The minimum Gasteiger partial charge on any atom is -0.477 e. The third-order valence-corrected chi connectivity index (χ3v) is 2.64. The van der Waals surface area contributed by atoms with E-state index in [9.17, 15) is 9.59 Å². The molecular formula is C9H10N2O3S. The molecule has 0 saturated heterocycles. The lowest BCUT2D eigenvalue weighted by molar-refractivity contribution is -0.116. The fourth-order valence-electron chi connectivity index (χ4n) is 0.959. The van der Waals surface area contributed by atoms with Crippen LogP contribution < -0.4 is 4.90 Å². The molecule has 80 valence electrons. The molecule has 0 atom stereocenters. The number of carbonyl (C=O) groups excluding carboxylic acids is 1. The lowest BCUT2D eigenvalue weighted by atomic mass is 10.5. The van der Waals surface area contributed by atoms with Crippen LogP contribution >= 0.6 is 11.3 Å². The highest BCUT2D eigenvalue weighted by atomic mass is 32.1. The van der Waals surface area contributed by atoms with E-state index in [0.717, 1.165) is 11.3 Å². The summed E-state index contributed by atoms with van der Waals surface area (Å²) in [6.07, 6.45) is 2.80. The fraction of sp³-hybridized carbons (Fsp3) is 0.222. The minimum absolute atomic E-state index is 0.111. The number of hydrogen-bond acceptors (Lipinski definition) is 4. The van der Waals surface area contributed by atoms with Crippen molar-refractivity contribution in [1.82, 2.24) is 4.98 Å². The van der Waals surface area contributed by atoms with Gasteiger partial charge in [-0.25, -0.2) is 9.78 Å². The fourth-order valence-corrected chi connectivity index (χ4v) is 1.77. The summed E-state index contributed by atoms with van der Waals surface area (Å²) in [5.74, 6) is -1.23. The van der Waals surface area contributed by atoms with Crippen molar-refractivity contribution in [3.63, 3.8) is 0 Å². The van der Waals surface area contributed by atoms with Crippen LogP contribution in [0.1, 0.15) is 16.6 Å². The normalized spacial score (nSPS) is 9.67. The molecule has 0 aliphatic carbocycles. The number of thiazole rings is 1. The molecule has 0 aromatic carbocycles. The Labute approximate surface area is 90.7 Å². The summed E-state index contributed by atoms with van der Waals surface area (Å²) >= 11 is 0.964. The van der Waals surface area contributed by atoms with Crippen molar-refractivity contribution in [3.05, 3.63) is 23.7 Å². The number of carboxylic acid groups (broad SMARTS) is 1. The van der Waals surface area contributed by atoms with E-state index in [-0.39, 0.29) is 10.8 Å². The molecule has 0 radical (unpaired) electrons. The molecule has 1 amide bonds. The van der Waals surface area contributed by atoms with Crippen LogP contribution in [0.4, 0.5) is 5.13 Å². The van der Waals surface area contributed by atoms with E-state index >= 15 is 0 Å². The number of amides is 1. The van der Waals surface area contributed by atoms with Gasteiger partial charge in [-0.3, -0.25) is 9.69 Å². The van der Waals surface area contributed by atoms with Crippen molar-refractivity contribution in [3.8, 4) is 0 Å². The molecule has 1 N–H and O–H groups in total. The topological polar surface area (TPSA) is 70.5 Å². The van der Waals surface area contributed by atoms with Crippen LogP contribution in [0.5, 0.6) is 0 Å². The predicted molar refractivity (Wildman–Crippen MR) is 57.3 cm³/mol. The first-order valence-corrected chi connectivity index (χ1v) is 4.96. The number of aromatic nitrogens is 1. The van der Waals surface area contributed by atoms with Gasteiger partial charge in [-0.2, -0.15) is 0 Å². The molecule has 1 rings (SSSR count). The Kier molecular flexibility index (Phi) is 3.56. The average Bonchev–Trinajstić information content (AvgIpc) is 2.62. The number of nitrogens with zero attached hydrogens (tertiary/aromatic N) is 2. The third-order valence-electron chi connectivity index (χ3n) is 1.63. The maximum atomic E-state index is 11.2. The Bertz CT molecular complexity index is 400. The summed E-state index contributed by atoms with van der Waals surface area (Å²) in [4.78, 5) is 27.2. The molecular weight excluding hydrogens is 216 g/mol. The molecule has 0 fully saturated rings. The Morgan fingerprint density at radius 2 is 2.40 bits per heavy atom. The number of carboxylic acids is 1. The summed E-state index contributed by atoms with van der Waals surface area (Å²) in [6, 6.07) is 0. The first kappa shape index (κ1) is 11.4. The van der Waals surface area contributed by atoms with Crippen molar-refractivity contribution < 1.29 is 14.7 Å². The van der Waals surface area contributed by atoms with Gasteiger partial charge in [-0.05, 0) is 0 Å². The number of aromatic carboxylic acids is 1. The highest BCUT2D eigenvalue weighted by Gasteiger charge is 2.16. The van der Waals surface area contributed by atoms with E-state index in [0.29, 0.717) is 11.7 Å². The Morgan fingerprint density at radius 3 is 2.80 bits per heavy atom. The van der Waals surface area contributed by atoms with E-state index in [2.05, 4.69) is 11.6 Å². The second kappa shape index (κ2) is 4.70. The van der Waals surface area contributed by atoms with Crippen LogP contribution in [-0.4, -0.2) is 28.5 Å². The van der Waals surface area contributed by atoms with Gasteiger partial charge in [-0.1, -0.05) is 17.4 Å². The van der Waals surface area contributed by atoms with Crippen LogP contribution in [0, 0.1) is 0 Å². The molecule has 1 aromatic heterocycles. The van der Waals surface area contributed by atoms with Gasteiger partial charge >= 0.3 is 5.97 Å². The van der Waals surface area contributed by atoms with E-state index in [1.165, 1.54) is 18.0 Å². The van der Waals surface area contributed by atoms with Gasteiger partial charge < -0.3 is 5.11 Å². The standard InChI is InChI=1S/C9H10N2O3S/c1-3-4-11(6(2)12)9-10-5-7(15-9)8(13)14/h3,5H,1,4H2,2H3,(H,13,14). The van der Waals surface area contributed by atoms with Crippen LogP contribution in [-0.2, 0) is 4.79 Å². The molecule has 1 heterocycles. The lowest BCUT2D eigenvalue weighted by Crippen LogP contribution is -2.28. The smallest absolute Gasteiger partial charge is 0.347 e. The van der Waals surface area contributed by atoms with Gasteiger partial charge in [0.15, 0.2) is 5.13 Å². The number of hydrogen-bond donors (Lipinski definition) is 1. The van der Waals surface area contributed by atoms with Gasteiger partial charge in [0.05, 0.1) is 6.20 Å². The predicted octanol–water partition coefficient (Wildman–Crippen LogP) is 1.38. The maximum absolute atomic E-state index is 11.2. The summed E-state index contributed by atoms with van der Waals surface area (Å²) in [5.41, 5.74) is 0. The summed E-state index contributed by atoms with van der Waals surface area (Å²) < 4.78 is 0. The second-order valence-corrected chi connectivity index (χ2v) is 3.74. The van der Waals surface area contributed by atoms with Crippen molar-refractivity contribution in [1.29, 1.82) is 0 Å². The third kappa shape index (κ3) is 2.63. The summed E-state index contributed by atoms with van der Waals surface area (Å²) in [7, 11) is 0. The van der Waals surface area contributed by atoms with Gasteiger partial charge in [-0.15, -0.1) is 6.58 Å². The highest BCUT2D eigenvalue weighted by Crippen LogP contribution is 2.22. The highest BCUT2D eigenvalue weighted by molar-refractivity contribution is 7.17. The van der Waals surface area contributed by atoms with Crippen molar-refractivity contribution in [2.45, 2.75) is 6.92 Å². The van der Waals surface area contributed by atoms with Gasteiger partial charge in [0, 0.05) is 13.5 Å². The van der Waals surface area contributed by atoms with Gasteiger partial charge in [0.2, 0.25) is 5.91 Å².